The molecule has 2 amide bonds. The van der Waals surface area contributed by atoms with E-state index in [1.54, 1.807) is 13.8 Å². The average Bonchev–Trinajstić information content (AvgIpc) is 2.81. The molecular weight excluding hydrogens is 252 g/mol. The highest BCUT2D eigenvalue weighted by molar-refractivity contribution is 7.11. The number of thiophene rings is 1. The highest BCUT2D eigenvalue weighted by atomic mass is 32.1. The number of carbonyl (C=O) groups excluding carboxylic acids is 2. The Balaban J connectivity index is 2.46. The maximum atomic E-state index is 12.0. The average molecular weight is 266 g/mol. The minimum absolute atomic E-state index is 0.306. The number of nitrogens with one attached hydrogen (secondary N) is 2. The van der Waals surface area contributed by atoms with E-state index in [-0.39, 0.29) is 12.1 Å². The Morgan fingerprint density at radius 1 is 1.56 bits per heavy atom. The van der Waals surface area contributed by atoms with Crippen LogP contribution in [0.5, 0.6) is 0 Å². The van der Waals surface area contributed by atoms with Crippen LogP contribution in [0.15, 0.2) is 23.1 Å². The topological polar surface area (TPSA) is 67.4 Å². The lowest BCUT2D eigenvalue weighted by molar-refractivity contribution is -0.138. The molecule has 2 rings (SSSR count). The summed E-state index contributed by atoms with van der Waals surface area (Å²) in [4.78, 5) is 24.3. The van der Waals surface area contributed by atoms with Crippen molar-refractivity contribution in [2.75, 3.05) is 6.61 Å². The molecule has 2 N–H and O–H groups in total. The molecule has 0 saturated heterocycles. The maximum Gasteiger partial charge on any atom is 0.338 e. The van der Waals surface area contributed by atoms with Crippen LogP contribution in [0.1, 0.15) is 18.7 Å². The number of amides is 2. The fourth-order valence-electron chi connectivity index (χ4n) is 1.81. The molecule has 0 bridgehead atoms. The number of ether oxygens (including phenoxy) is 1. The predicted molar refractivity (Wildman–Crippen MR) is 69.0 cm³/mol. The van der Waals surface area contributed by atoms with Gasteiger partial charge in [-0.2, -0.15) is 0 Å². The molecule has 1 aliphatic heterocycles. The summed E-state index contributed by atoms with van der Waals surface area (Å²) in [6.07, 6.45) is 0. The second-order valence-corrected chi connectivity index (χ2v) is 4.75. The van der Waals surface area contributed by atoms with E-state index < -0.39 is 5.97 Å². The third-order valence-corrected chi connectivity index (χ3v) is 3.44. The van der Waals surface area contributed by atoms with Gasteiger partial charge in [-0.25, -0.2) is 9.59 Å². The molecule has 0 radical (unpaired) electrons. The van der Waals surface area contributed by atoms with Gasteiger partial charge in [0.2, 0.25) is 0 Å². The van der Waals surface area contributed by atoms with Gasteiger partial charge in [0.15, 0.2) is 0 Å². The van der Waals surface area contributed by atoms with Crippen molar-refractivity contribution < 1.29 is 14.3 Å². The van der Waals surface area contributed by atoms with Gasteiger partial charge in [0.25, 0.3) is 0 Å². The molecule has 5 nitrogen and oxygen atoms in total. The molecule has 2 heterocycles. The van der Waals surface area contributed by atoms with Crippen molar-refractivity contribution in [3.05, 3.63) is 28.0 Å². The smallest absolute Gasteiger partial charge is 0.338 e. The summed E-state index contributed by atoms with van der Waals surface area (Å²) in [5.74, 6) is -0.402. The van der Waals surface area contributed by atoms with Crippen molar-refractivity contribution >= 4 is 29.0 Å². The third kappa shape index (κ3) is 2.38. The zero-order chi connectivity index (χ0) is 13.1. The van der Waals surface area contributed by atoms with Crippen LogP contribution >= 0.6 is 11.3 Å². The zero-order valence-corrected chi connectivity index (χ0v) is 11.0. The molecule has 0 unspecified atom stereocenters. The van der Waals surface area contributed by atoms with Gasteiger partial charge in [0.1, 0.15) is 0 Å². The van der Waals surface area contributed by atoms with Crippen LogP contribution in [0.25, 0.3) is 5.70 Å². The minimum Gasteiger partial charge on any atom is -0.463 e. The monoisotopic (exact) mass is 266 g/mol. The van der Waals surface area contributed by atoms with Crippen molar-refractivity contribution in [3.63, 3.8) is 0 Å². The molecule has 1 aliphatic rings. The Labute approximate surface area is 109 Å². The van der Waals surface area contributed by atoms with E-state index in [4.69, 9.17) is 4.74 Å². The molecule has 0 fully saturated rings. The normalized spacial score (nSPS) is 19.2. The summed E-state index contributed by atoms with van der Waals surface area (Å²) in [5, 5.41) is 7.23. The molecule has 1 aromatic rings. The summed E-state index contributed by atoms with van der Waals surface area (Å²) < 4.78 is 5.03. The number of hydrogen-bond donors (Lipinski definition) is 2. The number of esters is 1. The Morgan fingerprint density at radius 2 is 2.33 bits per heavy atom. The molecular formula is C12H14N2O3S. The first kappa shape index (κ1) is 12.6. The maximum absolute atomic E-state index is 12.0. The lowest BCUT2D eigenvalue weighted by Crippen LogP contribution is -2.48. The largest absolute Gasteiger partial charge is 0.463 e. The first-order chi connectivity index (χ1) is 8.63. The van der Waals surface area contributed by atoms with Crippen LogP contribution in [0.4, 0.5) is 4.79 Å². The van der Waals surface area contributed by atoms with Gasteiger partial charge in [-0.05, 0) is 25.3 Å². The van der Waals surface area contributed by atoms with Crippen LogP contribution in [0.3, 0.4) is 0 Å². The molecule has 0 saturated carbocycles. The molecule has 96 valence electrons. The third-order valence-electron chi connectivity index (χ3n) is 2.55. The van der Waals surface area contributed by atoms with E-state index in [1.165, 1.54) is 11.3 Å². The summed E-state index contributed by atoms with van der Waals surface area (Å²) in [5.41, 5.74) is 0.999. The summed E-state index contributed by atoms with van der Waals surface area (Å²) in [6.45, 7) is 3.82. The lowest BCUT2D eigenvalue weighted by atomic mass is 10.0. The van der Waals surface area contributed by atoms with E-state index in [2.05, 4.69) is 10.6 Å². The lowest BCUT2D eigenvalue weighted by Gasteiger charge is -2.26. The van der Waals surface area contributed by atoms with Crippen molar-refractivity contribution in [2.45, 2.75) is 19.9 Å². The number of rotatable bonds is 3. The second-order valence-electron chi connectivity index (χ2n) is 3.81. The molecule has 1 aromatic heterocycles. The molecule has 18 heavy (non-hydrogen) atoms. The predicted octanol–water partition coefficient (Wildman–Crippen LogP) is 1.72. The van der Waals surface area contributed by atoms with Crippen LogP contribution in [0, 0.1) is 0 Å². The van der Waals surface area contributed by atoms with E-state index in [9.17, 15) is 9.59 Å². The van der Waals surface area contributed by atoms with Gasteiger partial charge in [-0.1, -0.05) is 6.07 Å². The van der Waals surface area contributed by atoms with Crippen molar-refractivity contribution in [1.82, 2.24) is 10.6 Å². The van der Waals surface area contributed by atoms with Gasteiger partial charge >= 0.3 is 12.0 Å². The first-order valence-corrected chi connectivity index (χ1v) is 6.54. The first-order valence-electron chi connectivity index (χ1n) is 5.66. The van der Waals surface area contributed by atoms with Crippen molar-refractivity contribution in [1.29, 1.82) is 0 Å². The van der Waals surface area contributed by atoms with E-state index in [0.29, 0.717) is 17.9 Å². The van der Waals surface area contributed by atoms with Crippen LogP contribution in [-0.2, 0) is 9.53 Å². The fraction of sp³-hybridized carbons (Fsp3) is 0.333. The Bertz CT molecular complexity index is 493. The standard InChI is InChI=1S/C12H14N2O3S/c1-3-17-11(15)9-7(2)13-12(16)14-10(9)8-5-4-6-18-8/h4-7H,3H2,1-2H3,(H2,13,14,16)/t7-/m0/s1. The van der Waals surface area contributed by atoms with E-state index in [0.717, 1.165) is 4.88 Å². The summed E-state index contributed by atoms with van der Waals surface area (Å²) in [6, 6.07) is 3.06. The quantitative estimate of drug-likeness (QED) is 0.819. The van der Waals surface area contributed by atoms with Crippen molar-refractivity contribution in [2.24, 2.45) is 0 Å². The molecule has 1 atom stereocenters. The Kier molecular flexibility index (Phi) is 3.66. The van der Waals surface area contributed by atoms with Gasteiger partial charge in [-0.3, -0.25) is 0 Å². The van der Waals surface area contributed by atoms with Crippen LogP contribution in [-0.4, -0.2) is 24.6 Å². The Hall–Kier alpha value is -1.82. The summed E-state index contributed by atoms with van der Waals surface area (Å²) in [7, 11) is 0. The number of hydrogen-bond acceptors (Lipinski definition) is 4. The highest BCUT2D eigenvalue weighted by Gasteiger charge is 2.30. The molecule has 6 heteroatoms. The van der Waals surface area contributed by atoms with Crippen LogP contribution < -0.4 is 10.6 Å². The number of carbonyl (C=O) groups is 2. The highest BCUT2D eigenvalue weighted by Crippen LogP contribution is 2.26. The fourth-order valence-corrected chi connectivity index (χ4v) is 2.54. The van der Waals surface area contributed by atoms with E-state index in [1.807, 2.05) is 17.5 Å². The second kappa shape index (κ2) is 5.22. The molecule has 0 spiro atoms. The van der Waals surface area contributed by atoms with Gasteiger partial charge in [0.05, 0.1) is 28.8 Å². The van der Waals surface area contributed by atoms with Gasteiger partial charge in [-0.15, -0.1) is 11.3 Å². The van der Waals surface area contributed by atoms with Crippen molar-refractivity contribution in [3.8, 4) is 0 Å². The number of urea groups is 1. The SMILES string of the molecule is CCOC(=O)C1=C(c2cccs2)NC(=O)N[C@H]1C. The van der Waals surface area contributed by atoms with Crippen LogP contribution in [0.2, 0.25) is 0 Å². The van der Waals surface area contributed by atoms with Gasteiger partial charge < -0.3 is 15.4 Å². The zero-order valence-electron chi connectivity index (χ0n) is 10.1. The van der Waals surface area contributed by atoms with E-state index >= 15 is 0 Å². The Morgan fingerprint density at radius 3 is 2.94 bits per heavy atom. The molecule has 0 aliphatic carbocycles. The molecule has 0 aromatic carbocycles. The minimum atomic E-state index is -0.402. The summed E-state index contributed by atoms with van der Waals surface area (Å²) >= 11 is 1.46. The van der Waals surface area contributed by atoms with Gasteiger partial charge in [0, 0.05) is 0 Å².